The van der Waals surface area contributed by atoms with E-state index in [1.807, 2.05) is 0 Å². The standard InChI is InChI=1S/C13H14F3N3O2/c1-7(6-21-2)12(20)17-11-9-5-8(13(14,15)16)3-4-10(9)18-19-11/h3-5,7H,6H2,1-2H3,(H2,17,18,19,20)/t7-/m1/s1. The zero-order valence-electron chi connectivity index (χ0n) is 11.4. The highest BCUT2D eigenvalue weighted by Gasteiger charge is 2.31. The van der Waals surface area contributed by atoms with Gasteiger partial charge in [0, 0.05) is 12.5 Å². The van der Waals surface area contributed by atoms with E-state index in [1.165, 1.54) is 13.2 Å². The highest BCUT2D eigenvalue weighted by Crippen LogP contribution is 2.32. The van der Waals surface area contributed by atoms with E-state index in [0.29, 0.717) is 5.52 Å². The summed E-state index contributed by atoms with van der Waals surface area (Å²) in [6, 6.07) is 3.19. The van der Waals surface area contributed by atoms with E-state index in [9.17, 15) is 18.0 Å². The minimum atomic E-state index is -4.45. The summed E-state index contributed by atoms with van der Waals surface area (Å²) in [5.74, 6) is -0.737. The van der Waals surface area contributed by atoms with Crippen LogP contribution in [0.15, 0.2) is 18.2 Å². The lowest BCUT2D eigenvalue weighted by Gasteiger charge is -2.10. The van der Waals surface area contributed by atoms with Gasteiger partial charge in [0.1, 0.15) is 0 Å². The number of carbonyl (C=O) groups excluding carboxylic acids is 1. The summed E-state index contributed by atoms with van der Waals surface area (Å²) in [6.07, 6.45) is -4.45. The minimum absolute atomic E-state index is 0.0732. The molecule has 0 saturated carbocycles. The number of fused-ring (bicyclic) bond motifs is 1. The number of nitrogens with one attached hydrogen (secondary N) is 2. The van der Waals surface area contributed by atoms with Gasteiger partial charge in [0.25, 0.3) is 0 Å². The molecule has 21 heavy (non-hydrogen) atoms. The molecule has 1 amide bonds. The Morgan fingerprint density at radius 2 is 2.19 bits per heavy atom. The number of aromatic nitrogens is 2. The number of ether oxygens (including phenoxy) is 1. The second-order valence-electron chi connectivity index (χ2n) is 4.68. The largest absolute Gasteiger partial charge is 0.416 e. The molecule has 2 N–H and O–H groups in total. The number of methoxy groups -OCH3 is 1. The van der Waals surface area contributed by atoms with Crippen molar-refractivity contribution in [2.24, 2.45) is 5.92 Å². The molecule has 0 bridgehead atoms. The van der Waals surface area contributed by atoms with Crippen LogP contribution in [0.25, 0.3) is 10.9 Å². The third kappa shape index (κ3) is 3.33. The normalized spacial score (nSPS) is 13.4. The molecule has 2 rings (SSSR count). The molecule has 1 atom stereocenters. The molecule has 0 aliphatic heterocycles. The molecule has 0 radical (unpaired) electrons. The zero-order valence-corrected chi connectivity index (χ0v) is 11.4. The molecule has 0 aliphatic rings. The highest BCUT2D eigenvalue weighted by molar-refractivity contribution is 6.00. The second kappa shape index (κ2) is 5.72. The van der Waals surface area contributed by atoms with Gasteiger partial charge in [-0.2, -0.15) is 18.3 Å². The first kappa shape index (κ1) is 15.3. The van der Waals surface area contributed by atoms with Crippen molar-refractivity contribution in [1.29, 1.82) is 0 Å². The number of halogens is 3. The molecule has 0 aliphatic carbocycles. The Hall–Kier alpha value is -2.09. The average Bonchev–Trinajstić information content (AvgIpc) is 2.80. The molecule has 2 aromatic rings. The van der Waals surface area contributed by atoms with Crippen LogP contribution in [0.4, 0.5) is 19.0 Å². The highest BCUT2D eigenvalue weighted by atomic mass is 19.4. The monoisotopic (exact) mass is 301 g/mol. The molecule has 1 aromatic carbocycles. The van der Waals surface area contributed by atoms with Crippen molar-refractivity contribution in [1.82, 2.24) is 10.2 Å². The van der Waals surface area contributed by atoms with Crippen molar-refractivity contribution in [3.05, 3.63) is 23.8 Å². The Kier molecular flexibility index (Phi) is 4.17. The van der Waals surface area contributed by atoms with Gasteiger partial charge in [0.15, 0.2) is 5.82 Å². The lowest BCUT2D eigenvalue weighted by atomic mass is 10.1. The van der Waals surface area contributed by atoms with Crippen molar-refractivity contribution < 1.29 is 22.7 Å². The first-order valence-electron chi connectivity index (χ1n) is 6.18. The number of carbonyl (C=O) groups is 1. The van der Waals surface area contributed by atoms with Gasteiger partial charge < -0.3 is 10.1 Å². The van der Waals surface area contributed by atoms with Crippen molar-refractivity contribution in [2.75, 3.05) is 19.0 Å². The van der Waals surface area contributed by atoms with Gasteiger partial charge >= 0.3 is 6.18 Å². The van der Waals surface area contributed by atoms with Crippen LogP contribution in [0.3, 0.4) is 0 Å². The number of amides is 1. The SMILES string of the molecule is COC[C@@H](C)C(=O)Nc1n[nH]c2ccc(C(F)(F)F)cc12. The first-order chi connectivity index (χ1) is 9.82. The summed E-state index contributed by atoms with van der Waals surface area (Å²) in [7, 11) is 1.46. The summed E-state index contributed by atoms with van der Waals surface area (Å²) in [5, 5.41) is 9.13. The number of nitrogens with zero attached hydrogens (tertiary/aromatic N) is 1. The van der Waals surface area contributed by atoms with Crippen LogP contribution in [0.5, 0.6) is 0 Å². The smallest absolute Gasteiger partial charge is 0.384 e. The second-order valence-corrected chi connectivity index (χ2v) is 4.68. The molecule has 8 heteroatoms. The number of rotatable bonds is 4. The van der Waals surface area contributed by atoms with Crippen molar-refractivity contribution in [3.63, 3.8) is 0 Å². The number of aromatic amines is 1. The van der Waals surface area contributed by atoms with Crippen molar-refractivity contribution in [2.45, 2.75) is 13.1 Å². The molecular weight excluding hydrogens is 287 g/mol. The molecule has 5 nitrogen and oxygen atoms in total. The Balaban J connectivity index is 2.30. The Labute approximate surface area is 118 Å². The predicted molar refractivity (Wildman–Crippen MR) is 70.8 cm³/mol. The summed E-state index contributed by atoms with van der Waals surface area (Å²) < 4.78 is 43.0. The maximum atomic E-state index is 12.7. The minimum Gasteiger partial charge on any atom is -0.384 e. The lowest BCUT2D eigenvalue weighted by molar-refractivity contribution is -0.137. The van der Waals surface area contributed by atoms with Crippen LogP contribution in [-0.2, 0) is 15.7 Å². The van der Waals surface area contributed by atoms with Gasteiger partial charge in [-0.05, 0) is 18.2 Å². The van der Waals surface area contributed by atoms with Gasteiger partial charge in [-0.25, -0.2) is 0 Å². The number of hydrogen-bond donors (Lipinski definition) is 2. The van der Waals surface area contributed by atoms with Gasteiger partial charge in [0.2, 0.25) is 5.91 Å². The third-order valence-electron chi connectivity index (χ3n) is 3.00. The zero-order chi connectivity index (χ0) is 15.6. The Morgan fingerprint density at radius 3 is 2.81 bits per heavy atom. The van der Waals surface area contributed by atoms with E-state index in [2.05, 4.69) is 15.5 Å². The maximum absolute atomic E-state index is 12.7. The summed E-state index contributed by atoms with van der Waals surface area (Å²) in [4.78, 5) is 11.9. The molecule has 0 spiro atoms. The molecule has 0 unspecified atom stereocenters. The van der Waals surface area contributed by atoms with Crippen LogP contribution >= 0.6 is 0 Å². The lowest BCUT2D eigenvalue weighted by Crippen LogP contribution is -2.24. The fraction of sp³-hybridized carbons (Fsp3) is 0.385. The Morgan fingerprint density at radius 1 is 1.48 bits per heavy atom. The van der Waals surface area contributed by atoms with E-state index < -0.39 is 17.7 Å². The van der Waals surface area contributed by atoms with Gasteiger partial charge in [-0.15, -0.1) is 0 Å². The van der Waals surface area contributed by atoms with E-state index in [-0.39, 0.29) is 23.7 Å². The Bertz CT molecular complexity index is 652. The fourth-order valence-corrected chi connectivity index (χ4v) is 1.85. The molecular formula is C13H14F3N3O2. The molecule has 0 saturated heterocycles. The van der Waals surface area contributed by atoms with Gasteiger partial charge in [0.05, 0.1) is 23.6 Å². The van der Waals surface area contributed by atoms with Crippen LogP contribution < -0.4 is 5.32 Å². The average molecular weight is 301 g/mol. The summed E-state index contributed by atoms with van der Waals surface area (Å²) in [6.45, 7) is 1.86. The number of anilines is 1. The molecule has 0 fully saturated rings. The summed E-state index contributed by atoms with van der Waals surface area (Å²) >= 11 is 0. The fourth-order valence-electron chi connectivity index (χ4n) is 1.85. The van der Waals surface area contributed by atoms with Gasteiger partial charge in [-0.1, -0.05) is 6.92 Å². The number of hydrogen-bond acceptors (Lipinski definition) is 3. The quantitative estimate of drug-likeness (QED) is 0.912. The van der Waals surface area contributed by atoms with Crippen LogP contribution in [-0.4, -0.2) is 29.8 Å². The topological polar surface area (TPSA) is 67.0 Å². The maximum Gasteiger partial charge on any atom is 0.416 e. The van der Waals surface area contributed by atoms with Crippen LogP contribution in [0.1, 0.15) is 12.5 Å². The molecule has 1 aromatic heterocycles. The summed E-state index contributed by atoms with van der Waals surface area (Å²) in [5.41, 5.74) is -0.380. The van der Waals surface area contributed by atoms with Crippen molar-refractivity contribution >= 4 is 22.6 Å². The van der Waals surface area contributed by atoms with E-state index in [1.54, 1.807) is 6.92 Å². The van der Waals surface area contributed by atoms with Crippen LogP contribution in [0.2, 0.25) is 0 Å². The molecule has 1 heterocycles. The molecule has 114 valence electrons. The van der Waals surface area contributed by atoms with Crippen molar-refractivity contribution in [3.8, 4) is 0 Å². The predicted octanol–water partition coefficient (Wildman–Crippen LogP) is 2.80. The first-order valence-corrected chi connectivity index (χ1v) is 6.18. The van der Waals surface area contributed by atoms with E-state index >= 15 is 0 Å². The number of H-pyrrole nitrogens is 1. The van der Waals surface area contributed by atoms with E-state index in [0.717, 1.165) is 12.1 Å². The van der Waals surface area contributed by atoms with Crippen LogP contribution in [0, 0.1) is 5.92 Å². The number of benzene rings is 1. The van der Waals surface area contributed by atoms with Gasteiger partial charge in [-0.3, -0.25) is 9.89 Å². The third-order valence-corrected chi connectivity index (χ3v) is 3.00. The van der Waals surface area contributed by atoms with E-state index in [4.69, 9.17) is 4.74 Å². The number of alkyl halides is 3.